The predicted octanol–water partition coefficient (Wildman–Crippen LogP) is 6.56. The summed E-state index contributed by atoms with van der Waals surface area (Å²) in [6, 6.07) is 13.4. The number of hydrogen-bond donors (Lipinski definition) is 3. The molecule has 0 amide bonds. The second-order valence-electron chi connectivity index (χ2n) is 8.66. The number of carboxylic acids is 1. The first-order chi connectivity index (χ1) is 16.0. The van der Waals surface area contributed by atoms with Crippen LogP contribution in [0, 0.1) is 5.92 Å². The molecular formula is C25H24ClN3O3S. The number of phenolic OH excluding ortho intramolecular Hbond substituents is 1. The summed E-state index contributed by atoms with van der Waals surface area (Å²) in [6.45, 7) is 0.515. The highest BCUT2D eigenvalue weighted by Crippen LogP contribution is 2.40. The summed E-state index contributed by atoms with van der Waals surface area (Å²) in [5.41, 5.74) is 0.944. The fraction of sp³-hybridized carbons (Fsp3) is 0.320. The molecule has 170 valence electrons. The molecule has 0 bridgehead atoms. The number of carboxylic acid groups (broad SMARTS) is 1. The summed E-state index contributed by atoms with van der Waals surface area (Å²) in [6.07, 6.45) is 3.83. The van der Waals surface area contributed by atoms with Crippen molar-refractivity contribution < 1.29 is 15.0 Å². The molecule has 1 aliphatic carbocycles. The van der Waals surface area contributed by atoms with E-state index < -0.39 is 5.97 Å². The van der Waals surface area contributed by atoms with Gasteiger partial charge < -0.3 is 15.5 Å². The molecule has 8 heteroatoms. The van der Waals surface area contributed by atoms with Crippen LogP contribution in [-0.2, 0) is 11.3 Å². The van der Waals surface area contributed by atoms with Gasteiger partial charge in [-0.15, -0.1) is 11.3 Å². The lowest BCUT2D eigenvalue weighted by molar-refractivity contribution is -0.138. The van der Waals surface area contributed by atoms with Crippen molar-refractivity contribution in [2.24, 2.45) is 5.92 Å². The quantitative estimate of drug-likeness (QED) is 0.288. The number of phenols is 1. The minimum Gasteiger partial charge on any atom is -0.506 e. The van der Waals surface area contributed by atoms with E-state index in [2.05, 4.69) is 17.4 Å². The lowest BCUT2D eigenvalue weighted by atomic mass is 9.80. The van der Waals surface area contributed by atoms with Crippen molar-refractivity contribution in [3.05, 3.63) is 58.9 Å². The molecule has 0 unspecified atom stereocenters. The summed E-state index contributed by atoms with van der Waals surface area (Å²) in [5.74, 6) is 1.44. The molecule has 4 aromatic rings. The number of anilines is 1. The molecule has 0 aliphatic heterocycles. The number of hydrogen-bond acceptors (Lipinski definition) is 6. The first kappa shape index (κ1) is 21.9. The maximum absolute atomic E-state index is 11.1. The van der Waals surface area contributed by atoms with Crippen molar-refractivity contribution in [2.45, 2.75) is 44.6 Å². The molecule has 0 spiro atoms. The van der Waals surface area contributed by atoms with Crippen molar-refractivity contribution in [1.82, 2.24) is 9.97 Å². The molecule has 0 atom stereocenters. The Morgan fingerprint density at radius 3 is 2.67 bits per heavy atom. The van der Waals surface area contributed by atoms with Crippen LogP contribution in [0.1, 0.15) is 49.4 Å². The molecule has 2 aromatic carbocycles. The molecule has 0 radical (unpaired) electrons. The average molecular weight is 482 g/mol. The third kappa shape index (κ3) is 4.61. The van der Waals surface area contributed by atoms with E-state index in [9.17, 15) is 9.90 Å². The van der Waals surface area contributed by atoms with Gasteiger partial charge in [-0.2, -0.15) is 0 Å². The van der Waals surface area contributed by atoms with Crippen LogP contribution in [0.2, 0.25) is 5.02 Å². The maximum atomic E-state index is 11.1. The summed E-state index contributed by atoms with van der Waals surface area (Å²) >= 11 is 7.75. The van der Waals surface area contributed by atoms with Crippen LogP contribution in [0.3, 0.4) is 0 Å². The molecule has 5 rings (SSSR count). The Morgan fingerprint density at radius 2 is 1.91 bits per heavy atom. The van der Waals surface area contributed by atoms with Gasteiger partial charge >= 0.3 is 5.97 Å². The van der Waals surface area contributed by atoms with E-state index in [1.807, 2.05) is 18.2 Å². The Labute approximate surface area is 200 Å². The van der Waals surface area contributed by atoms with Crippen LogP contribution in [-0.4, -0.2) is 26.2 Å². The number of carbonyl (C=O) groups is 1. The van der Waals surface area contributed by atoms with E-state index in [4.69, 9.17) is 26.7 Å². The van der Waals surface area contributed by atoms with Gasteiger partial charge in [0.05, 0.1) is 10.4 Å². The number of halogens is 1. The zero-order chi connectivity index (χ0) is 22.9. The van der Waals surface area contributed by atoms with Gasteiger partial charge in [0.1, 0.15) is 22.2 Å². The number of benzene rings is 2. The lowest BCUT2D eigenvalue weighted by Gasteiger charge is -2.27. The highest BCUT2D eigenvalue weighted by atomic mass is 35.5. The second kappa shape index (κ2) is 9.15. The number of nitrogens with one attached hydrogen (secondary N) is 1. The Morgan fingerprint density at radius 1 is 1.12 bits per heavy atom. The molecule has 1 aliphatic rings. The van der Waals surface area contributed by atoms with Crippen LogP contribution < -0.4 is 5.32 Å². The fourth-order valence-electron chi connectivity index (χ4n) is 4.67. The Hall–Kier alpha value is -2.90. The summed E-state index contributed by atoms with van der Waals surface area (Å²) in [4.78, 5) is 22.0. The number of thiophene rings is 1. The normalized spacial score (nSPS) is 18.6. The monoisotopic (exact) mass is 481 g/mol. The Bertz CT molecular complexity index is 1330. The third-order valence-electron chi connectivity index (χ3n) is 6.40. The SMILES string of the molecule is O=C(O)CC1CCC(c2nc(NCc3ccc(O)c(Cl)c3)c3c(n2)sc2ccccc23)CC1. The zero-order valence-electron chi connectivity index (χ0n) is 17.9. The zero-order valence-corrected chi connectivity index (χ0v) is 19.5. The predicted molar refractivity (Wildman–Crippen MR) is 132 cm³/mol. The summed E-state index contributed by atoms with van der Waals surface area (Å²) in [7, 11) is 0. The first-order valence-corrected chi connectivity index (χ1v) is 12.3. The van der Waals surface area contributed by atoms with E-state index >= 15 is 0 Å². The molecular weight excluding hydrogens is 458 g/mol. The summed E-state index contributed by atoms with van der Waals surface area (Å²) in [5, 5.41) is 24.8. The molecule has 6 nitrogen and oxygen atoms in total. The number of aromatic nitrogens is 2. The molecule has 1 fully saturated rings. The van der Waals surface area contributed by atoms with Crippen molar-refractivity contribution in [2.75, 3.05) is 5.32 Å². The van der Waals surface area contributed by atoms with E-state index in [1.165, 1.54) is 4.70 Å². The molecule has 2 aromatic heterocycles. The largest absolute Gasteiger partial charge is 0.506 e. The van der Waals surface area contributed by atoms with Crippen molar-refractivity contribution in [3.63, 3.8) is 0 Å². The van der Waals surface area contributed by atoms with Gasteiger partial charge in [0.15, 0.2) is 0 Å². The van der Waals surface area contributed by atoms with Crippen LogP contribution in [0.4, 0.5) is 5.82 Å². The van der Waals surface area contributed by atoms with Crippen molar-refractivity contribution >= 4 is 55.0 Å². The Kier molecular flexibility index (Phi) is 6.08. The van der Waals surface area contributed by atoms with Gasteiger partial charge in [0.25, 0.3) is 0 Å². The van der Waals surface area contributed by atoms with Crippen molar-refractivity contribution in [3.8, 4) is 5.75 Å². The lowest BCUT2D eigenvalue weighted by Crippen LogP contribution is -2.18. The van der Waals surface area contributed by atoms with Gasteiger partial charge in [-0.25, -0.2) is 9.97 Å². The number of aliphatic carboxylic acids is 1. The highest BCUT2D eigenvalue weighted by molar-refractivity contribution is 7.25. The topological polar surface area (TPSA) is 95.3 Å². The van der Waals surface area contributed by atoms with Crippen LogP contribution in [0.25, 0.3) is 20.3 Å². The maximum Gasteiger partial charge on any atom is 0.303 e. The van der Waals surface area contributed by atoms with Gasteiger partial charge in [-0.05, 0) is 55.4 Å². The average Bonchev–Trinajstić information content (AvgIpc) is 3.18. The third-order valence-corrected chi connectivity index (χ3v) is 7.77. The smallest absolute Gasteiger partial charge is 0.303 e. The van der Waals surface area contributed by atoms with Gasteiger partial charge in [0, 0.05) is 29.0 Å². The Balaban J connectivity index is 1.47. The summed E-state index contributed by atoms with van der Waals surface area (Å²) < 4.78 is 1.17. The number of nitrogens with zero attached hydrogens (tertiary/aromatic N) is 2. The van der Waals surface area contributed by atoms with Gasteiger partial charge in [-0.3, -0.25) is 4.79 Å². The highest BCUT2D eigenvalue weighted by Gasteiger charge is 2.27. The van der Waals surface area contributed by atoms with E-state index in [1.54, 1.807) is 23.5 Å². The molecule has 1 saturated carbocycles. The van der Waals surface area contributed by atoms with E-state index in [0.717, 1.165) is 58.5 Å². The standard InChI is InChI=1S/C25H24ClN3O3S/c26-18-11-15(7-10-19(18)30)13-27-24-22-17-3-1-2-4-20(17)33-25(22)29-23(28-24)16-8-5-14(6-9-16)12-21(31)32/h1-4,7,10-11,14,16,30H,5-6,8-9,12-13H2,(H,31,32)(H,27,28,29). The van der Waals surface area contributed by atoms with E-state index in [-0.39, 0.29) is 24.0 Å². The van der Waals surface area contributed by atoms with Gasteiger partial charge in [-0.1, -0.05) is 35.9 Å². The van der Waals surface area contributed by atoms with Crippen LogP contribution >= 0.6 is 22.9 Å². The molecule has 3 N–H and O–H groups in total. The number of rotatable bonds is 6. The van der Waals surface area contributed by atoms with E-state index in [0.29, 0.717) is 11.6 Å². The first-order valence-electron chi connectivity index (χ1n) is 11.1. The van der Waals surface area contributed by atoms with Crippen LogP contribution in [0.15, 0.2) is 42.5 Å². The minimum absolute atomic E-state index is 0.0643. The molecule has 2 heterocycles. The second-order valence-corrected chi connectivity index (χ2v) is 10.1. The molecule has 33 heavy (non-hydrogen) atoms. The number of aromatic hydroxyl groups is 1. The fourth-order valence-corrected chi connectivity index (χ4v) is 5.95. The molecule has 0 saturated heterocycles. The van der Waals surface area contributed by atoms with Crippen molar-refractivity contribution in [1.29, 1.82) is 0 Å². The van der Waals surface area contributed by atoms with Gasteiger partial charge in [0.2, 0.25) is 0 Å². The van der Waals surface area contributed by atoms with Crippen LogP contribution in [0.5, 0.6) is 5.75 Å². The minimum atomic E-state index is -0.720. The number of fused-ring (bicyclic) bond motifs is 3.